The molecule has 0 amide bonds. The average molecular weight is 970 g/mol. The van der Waals surface area contributed by atoms with Crippen molar-refractivity contribution in [3.8, 4) is 0 Å². The summed E-state index contributed by atoms with van der Waals surface area (Å²) in [5.74, 6) is -0.866. The van der Waals surface area contributed by atoms with Gasteiger partial charge in [0, 0.05) is 12.8 Å². The van der Waals surface area contributed by atoms with Crippen LogP contribution in [-0.2, 0) is 32.7 Å². The molecule has 0 saturated heterocycles. The van der Waals surface area contributed by atoms with E-state index in [2.05, 4.69) is 111 Å². The maximum atomic E-state index is 12.8. The third kappa shape index (κ3) is 52.3. The van der Waals surface area contributed by atoms with Gasteiger partial charge in [-0.15, -0.1) is 0 Å². The lowest BCUT2D eigenvalue weighted by Gasteiger charge is -2.28. The van der Waals surface area contributed by atoms with Gasteiger partial charge in [0.2, 0.25) is 0 Å². The molecule has 0 spiro atoms. The first kappa shape index (κ1) is 64.9. The first-order valence-electron chi connectivity index (χ1n) is 26.9. The molecule has 0 aromatic carbocycles. The van der Waals surface area contributed by atoms with Crippen LogP contribution in [0.25, 0.3) is 0 Å². The van der Waals surface area contributed by atoms with Gasteiger partial charge in [0.05, 0.1) is 27.7 Å². The lowest BCUT2D eigenvalue weighted by Crippen LogP contribution is -2.37. The van der Waals surface area contributed by atoms with Crippen molar-refractivity contribution in [2.45, 2.75) is 213 Å². The number of allylic oxidation sites excluding steroid dienone is 16. The smallest absolute Gasteiger partial charge is 0.306 e. The molecule has 390 valence electrons. The highest BCUT2D eigenvalue weighted by Gasteiger charge is 2.21. The summed E-state index contributed by atoms with van der Waals surface area (Å²) in [4.78, 5) is 37.8. The van der Waals surface area contributed by atoms with Crippen LogP contribution < -0.4 is 4.89 Å². The number of quaternary nitrogens is 1. The number of unbranched alkanes of at least 4 members (excludes halogenated alkanes) is 18. The zero-order valence-corrected chi connectivity index (χ0v) is 44.9. The van der Waals surface area contributed by atoms with Crippen LogP contribution in [0.2, 0.25) is 0 Å². The first-order valence-corrected chi connectivity index (χ1v) is 28.4. The van der Waals surface area contributed by atoms with E-state index in [-0.39, 0.29) is 26.1 Å². The van der Waals surface area contributed by atoms with Crippen molar-refractivity contribution in [1.82, 2.24) is 0 Å². The summed E-state index contributed by atoms with van der Waals surface area (Å²) in [6, 6.07) is 0. The Morgan fingerprint density at radius 2 is 0.794 bits per heavy atom. The van der Waals surface area contributed by atoms with Crippen LogP contribution in [0.4, 0.5) is 0 Å². The Morgan fingerprint density at radius 1 is 0.456 bits per heavy atom. The van der Waals surface area contributed by atoms with Crippen LogP contribution in [0.3, 0.4) is 0 Å². The van der Waals surface area contributed by atoms with E-state index in [1.54, 1.807) is 0 Å². The maximum Gasteiger partial charge on any atom is 0.306 e. The van der Waals surface area contributed by atoms with Gasteiger partial charge in [-0.05, 0) is 89.9 Å². The highest BCUT2D eigenvalue weighted by Crippen LogP contribution is 2.38. The van der Waals surface area contributed by atoms with Gasteiger partial charge in [-0.1, -0.05) is 201 Å². The molecular weight excluding hydrogens is 870 g/mol. The monoisotopic (exact) mass is 970 g/mol. The minimum Gasteiger partial charge on any atom is -0.756 e. The van der Waals surface area contributed by atoms with Crippen LogP contribution in [0.5, 0.6) is 0 Å². The van der Waals surface area contributed by atoms with Gasteiger partial charge in [0.25, 0.3) is 7.82 Å². The summed E-state index contributed by atoms with van der Waals surface area (Å²) in [5.41, 5.74) is 0. The number of phosphoric ester groups is 1. The molecule has 0 N–H and O–H groups in total. The van der Waals surface area contributed by atoms with Gasteiger partial charge in [0.1, 0.15) is 19.8 Å². The van der Waals surface area contributed by atoms with E-state index in [0.717, 1.165) is 96.3 Å². The standard InChI is InChI=1S/C58H100NO8P/c1-6-8-10-12-14-16-18-20-22-24-25-26-27-28-29-30-31-32-33-35-37-39-41-43-45-47-49-51-58(61)67-56(55-66-68(62,63)65-53-52-59(3,4)5)54-64-57(60)50-48-46-44-42-40-38-36-34-23-21-19-17-15-13-11-9-7-2/h8-11,14-17,20-23,25-26,36,38,56H,6-7,12-13,18-19,24,27-35,37,39-55H2,1-5H3/b10-8-,11-9-,16-14-,17-15-,22-20-,23-21-,26-25-,38-36-. The van der Waals surface area contributed by atoms with Crippen molar-refractivity contribution < 1.29 is 42.1 Å². The summed E-state index contributed by atoms with van der Waals surface area (Å²) in [5, 5.41) is 0. The van der Waals surface area contributed by atoms with Crippen molar-refractivity contribution >= 4 is 19.8 Å². The summed E-state index contributed by atoms with van der Waals surface area (Å²) in [7, 11) is 1.14. The molecule has 0 aliphatic rings. The molecule has 0 saturated carbocycles. The molecule has 2 unspecified atom stereocenters. The Bertz CT molecular complexity index is 1470. The molecule has 0 aromatic rings. The number of nitrogens with zero attached hydrogens (tertiary/aromatic N) is 1. The van der Waals surface area contributed by atoms with Crippen LogP contribution in [0.1, 0.15) is 206 Å². The second kappa shape index (κ2) is 48.9. The number of likely N-dealkylation sites (N-methyl/N-ethyl adjacent to an activating group) is 1. The second-order valence-electron chi connectivity index (χ2n) is 18.8. The fourth-order valence-corrected chi connectivity index (χ4v) is 7.72. The van der Waals surface area contributed by atoms with Crippen LogP contribution in [-0.4, -0.2) is 70.0 Å². The average Bonchev–Trinajstić information content (AvgIpc) is 3.30. The number of hydrogen-bond donors (Lipinski definition) is 0. The number of carbonyl (C=O) groups is 2. The van der Waals surface area contributed by atoms with Gasteiger partial charge in [-0.25, -0.2) is 0 Å². The van der Waals surface area contributed by atoms with E-state index in [0.29, 0.717) is 23.9 Å². The Kier molecular flexibility index (Phi) is 46.7. The van der Waals surface area contributed by atoms with Crippen molar-refractivity contribution in [2.24, 2.45) is 0 Å². The largest absolute Gasteiger partial charge is 0.756 e. The molecule has 0 aliphatic heterocycles. The van der Waals surface area contributed by atoms with Crippen molar-refractivity contribution in [2.75, 3.05) is 47.5 Å². The molecule has 9 nitrogen and oxygen atoms in total. The van der Waals surface area contributed by atoms with Crippen LogP contribution in [0, 0.1) is 0 Å². The molecule has 0 heterocycles. The number of hydrogen-bond acceptors (Lipinski definition) is 8. The molecule has 0 aliphatic carbocycles. The highest BCUT2D eigenvalue weighted by molar-refractivity contribution is 7.45. The van der Waals surface area contributed by atoms with Crippen LogP contribution in [0.15, 0.2) is 97.2 Å². The molecule has 68 heavy (non-hydrogen) atoms. The van der Waals surface area contributed by atoms with Crippen LogP contribution >= 0.6 is 7.82 Å². The fourth-order valence-electron chi connectivity index (χ4n) is 6.99. The second-order valence-corrected chi connectivity index (χ2v) is 20.2. The number of carbonyl (C=O) groups excluding carboxylic acids is 2. The Morgan fingerprint density at radius 3 is 1.18 bits per heavy atom. The normalized spacial score (nSPS) is 14.1. The van der Waals surface area contributed by atoms with Gasteiger partial charge in [0.15, 0.2) is 6.10 Å². The number of rotatable bonds is 48. The van der Waals surface area contributed by atoms with E-state index in [1.165, 1.54) is 70.6 Å². The molecule has 0 aromatic heterocycles. The third-order valence-electron chi connectivity index (χ3n) is 11.1. The molecule has 10 heteroatoms. The Labute approximate surface area is 417 Å². The third-order valence-corrected chi connectivity index (χ3v) is 12.1. The number of phosphoric acid groups is 1. The van der Waals surface area contributed by atoms with E-state index >= 15 is 0 Å². The van der Waals surface area contributed by atoms with Gasteiger partial charge in [-0.3, -0.25) is 14.2 Å². The summed E-state index contributed by atoms with van der Waals surface area (Å²) in [6.07, 6.45) is 65.9. The predicted octanol–water partition coefficient (Wildman–Crippen LogP) is 15.8. The summed E-state index contributed by atoms with van der Waals surface area (Å²) in [6.45, 7) is 3.98. The van der Waals surface area contributed by atoms with E-state index in [9.17, 15) is 19.0 Å². The maximum absolute atomic E-state index is 12.8. The van der Waals surface area contributed by atoms with Gasteiger partial charge >= 0.3 is 11.9 Å². The lowest BCUT2D eigenvalue weighted by atomic mass is 10.0. The van der Waals surface area contributed by atoms with Crippen molar-refractivity contribution in [3.63, 3.8) is 0 Å². The summed E-state index contributed by atoms with van der Waals surface area (Å²) < 4.78 is 34.1. The Balaban J connectivity index is 4.21. The van der Waals surface area contributed by atoms with Gasteiger partial charge in [-0.2, -0.15) is 0 Å². The zero-order valence-electron chi connectivity index (χ0n) is 44.0. The minimum atomic E-state index is -4.64. The number of esters is 2. The first-order chi connectivity index (χ1) is 33.0. The summed E-state index contributed by atoms with van der Waals surface area (Å²) >= 11 is 0. The molecule has 0 bridgehead atoms. The Hall–Kier alpha value is -3.07. The molecular formula is C58H100NO8P. The fraction of sp³-hybridized carbons (Fsp3) is 0.690. The lowest BCUT2D eigenvalue weighted by molar-refractivity contribution is -0.870. The minimum absolute atomic E-state index is 0.0395. The predicted molar refractivity (Wildman–Crippen MR) is 286 cm³/mol. The van der Waals surface area contributed by atoms with Gasteiger partial charge < -0.3 is 27.9 Å². The molecule has 0 radical (unpaired) electrons. The molecule has 0 fully saturated rings. The zero-order chi connectivity index (χ0) is 49.9. The topological polar surface area (TPSA) is 111 Å². The van der Waals surface area contributed by atoms with E-state index in [1.807, 2.05) is 21.1 Å². The highest BCUT2D eigenvalue weighted by atomic mass is 31.2. The molecule has 0 rings (SSSR count). The SMILES string of the molecule is CC/C=C\C/C=C\C/C=C\C/C=C\CCCCCCCCCCCCCCCCC(=O)OC(COC(=O)CCCCCC/C=C\C/C=C\C/C=C\C/C=C\CC)COP(=O)([O-])OCC[N+](C)(C)C. The molecule has 2 atom stereocenters. The van der Waals surface area contributed by atoms with E-state index < -0.39 is 32.5 Å². The number of ether oxygens (including phenoxy) is 2. The van der Waals surface area contributed by atoms with E-state index in [4.69, 9.17) is 18.5 Å². The van der Waals surface area contributed by atoms with Crippen molar-refractivity contribution in [3.05, 3.63) is 97.2 Å². The van der Waals surface area contributed by atoms with Crippen molar-refractivity contribution in [1.29, 1.82) is 0 Å². The quantitative estimate of drug-likeness (QED) is 0.0195.